The Labute approximate surface area is 113 Å². The molecule has 0 aliphatic heterocycles. The number of carbonyl (C=O) groups is 1. The first-order valence-corrected chi connectivity index (χ1v) is 7.22. The zero-order chi connectivity index (χ0) is 13.9. The molecule has 0 aliphatic carbocycles. The highest BCUT2D eigenvalue weighted by Crippen LogP contribution is 2.25. The lowest BCUT2D eigenvalue weighted by molar-refractivity contribution is -0.137. The average molecular weight is 340 g/mol. The fraction of sp³-hybridized carbons (Fsp3) is 0.300. The van der Waals surface area contributed by atoms with E-state index in [1.165, 1.54) is 12.1 Å². The van der Waals surface area contributed by atoms with Gasteiger partial charge in [-0.2, -0.15) is 0 Å². The minimum Gasteiger partial charge on any atom is -0.468 e. The summed E-state index contributed by atoms with van der Waals surface area (Å²) < 4.78 is 42.9. The van der Waals surface area contributed by atoms with Crippen LogP contribution in [-0.2, 0) is 19.6 Å². The molecule has 0 saturated heterocycles. The standard InChI is InChI=1S/C10H11BrFNO4S/c1-6-3-8(12)7(11)4-9(6)13-18(15,16)5-10(14)17-2/h3-4,13H,5H2,1-2H3. The quantitative estimate of drug-likeness (QED) is 0.849. The topological polar surface area (TPSA) is 72.5 Å². The van der Waals surface area contributed by atoms with Gasteiger partial charge in [-0.3, -0.25) is 9.52 Å². The summed E-state index contributed by atoms with van der Waals surface area (Å²) in [5, 5.41) is 0. The molecule has 0 amide bonds. The number of aryl methyl sites for hydroxylation is 1. The van der Waals surface area contributed by atoms with Gasteiger partial charge in [0.05, 0.1) is 17.3 Å². The van der Waals surface area contributed by atoms with Crippen molar-refractivity contribution in [3.8, 4) is 0 Å². The van der Waals surface area contributed by atoms with Gasteiger partial charge in [0, 0.05) is 0 Å². The molecule has 8 heteroatoms. The maximum atomic E-state index is 13.2. The third-order valence-electron chi connectivity index (χ3n) is 2.07. The first kappa shape index (κ1) is 14.9. The Bertz CT molecular complexity index is 573. The summed E-state index contributed by atoms with van der Waals surface area (Å²) in [6.07, 6.45) is 0. The molecule has 18 heavy (non-hydrogen) atoms. The van der Waals surface area contributed by atoms with Crippen LogP contribution < -0.4 is 4.72 Å². The second-order valence-corrected chi connectivity index (χ2v) is 6.10. The number of carbonyl (C=O) groups excluding carboxylic acids is 1. The van der Waals surface area contributed by atoms with Crippen LogP contribution in [0.25, 0.3) is 0 Å². The summed E-state index contributed by atoms with van der Waals surface area (Å²) in [5.74, 6) is -2.16. The number of hydrogen-bond donors (Lipinski definition) is 1. The maximum Gasteiger partial charge on any atom is 0.322 e. The Morgan fingerprint density at radius 2 is 2.11 bits per heavy atom. The zero-order valence-corrected chi connectivity index (χ0v) is 12.1. The van der Waals surface area contributed by atoms with Gasteiger partial charge >= 0.3 is 5.97 Å². The van der Waals surface area contributed by atoms with Gasteiger partial charge in [0.15, 0.2) is 5.75 Å². The largest absolute Gasteiger partial charge is 0.468 e. The number of rotatable bonds is 4. The lowest BCUT2D eigenvalue weighted by Gasteiger charge is -2.10. The molecule has 0 saturated carbocycles. The van der Waals surface area contributed by atoms with Crippen molar-refractivity contribution in [2.24, 2.45) is 0 Å². The smallest absolute Gasteiger partial charge is 0.322 e. The van der Waals surface area contributed by atoms with Crippen molar-refractivity contribution in [1.29, 1.82) is 0 Å². The molecule has 5 nitrogen and oxygen atoms in total. The monoisotopic (exact) mass is 339 g/mol. The number of anilines is 1. The summed E-state index contributed by atoms with van der Waals surface area (Å²) in [7, 11) is -2.77. The van der Waals surface area contributed by atoms with E-state index in [4.69, 9.17) is 0 Å². The summed E-state index contributed by atoms with van der Waals surface area (Å²) in [6, 6.07) is 2.47. The van der Waals surface area contributed by atoms with Crippen molar-refractivity contribution in [2.45, 2.75) is 6.92 Å². The van der Waals surface area contributed by atoms with Crippen LogP contribution in [0.5, 0.6) is 0 Å². The first-order valence-electron chi connectivity index (χ1n) is 4.78. The zero-order valence-electron chi connectivity index (χ0n) is 9.66. The predicted octanol–water partition coefficient (Wildman–Crippen LogP) is 1.81. The van der Waals surface area contributed by atoms with Crippen molar-refractivity contribution in [3.63, 3.8) is 0 Å². The molecule has 0 atom stereocenters. The Morgan fingerprint density at radius 3 is 2.67 bits per heavy atom. The van der Waals surface area contributed by atoms with Gasteiger partial charge in [-0.1, -0.05) is 0 Å². The van der Waals surface area contributed by atoms with Crippen LogP contribution in [-0.4, -0.2) is 27.2 Å². The van der Waals surface area contributed by atoms with Gasteiger partial charge in [0.1, 0.15) is 5.82 Å². The van der Waals surface area contributed by atoms with Gasteiger partial charge in [-0.15, -0.1) is 0 Å². The molecule has 0 heterocycles. The van der Waals surface area contributed by atoms with E-state index in [0.717, 1.165) is 7.11 Å². The van der Waals surface area contributed by atoms with E-state index in [0.29, 0.717) is 5.56 Å². The lowest BCUT2D eigenvalue weighted by Crippen LogP contribution is -2.24. The Balaban J connectivity index is 2.98. The Morgan fingerprint density at radius 1 is 1.50 bits per heavy atom. The highest BCUT2D eigenvalue weighted by molar-refractivity contribution is 9.10. The number of benzene rings is 1. The highest BCUT2D eigenvalue weighted by atomic mass is 79.9. The first-order chi connectivity index (χ1) is 8.25. The minimum atomic E-state index is -3.87. The maximum absolute atomic E-state index is 13.2. The number of ether oxygens (including phenoxy) is 1. The molecule has 0 aliphatic rings. The second-order valence-electron chi connectivity index (χ2n) is 3.52. The summed E-state index contributed by atoms with van der Waals surface area (Å²) in [4.78, 5) is 10.9. The van der Waals surface area contributed by atoms with Crippen molar-refractivity contribution in [2.75, 3.05) is 17.6 Å². The molecule has 0 bridgehead atoms. The van der Waals surface area contributed by atoms with Gasteiger partial charge in [-0.05, 0) is 40.5 Å². The van der Waals surface area contributed by atoms with Gasteiger partial charge in [-0.25, -0.2) is 12.8 Å². The van der Waals surface area contributed by atoms with Crippen LogP contribution in [0.15, 0.2) is 16.6 Å². The average Bonchev–Trinajstić information content (AvgIpc) is 2.24. The van der Waals surface area contributed by atoms with Gasteiger partial charge in [0.25, 0.3) is 0 Å². The minimum absolute atomic E-state index is 0.129. The van der Waals surface area contributed by atoms with E-state index in [9.17, 15) is 17.6 Å². The predicted molar refractivity (Wildman–Crippen MR) is 68.3 cm³/mol. The van der Waals surface area contributed by atoms with Crippen molar-refractivity contribution in [3.05, 3.63) is 28.0 Å². The molecule has 1 rings (SSSR count). The molecular weight excluding hydrogens is 329 g/mol. The molecular formula is C10H11BrFNO4S. The molecule has 1 aromatic carbocycles. The highest BCUT2D eigenvalue weighted by Gasteiger charge is 2.18. The van der Waals surface area contributed by atoms with E-state index in [2.05, 4.69) is 25.4 Å². The fourth-order valence-corrected chi connectivity index (χ4v) is 2.57. The van der Waals surface area contributed by atoms with Crippen molar-refractivity contribution < 1.29 is 22.3 Å². The van der Waals surface area contributed by atoms with Crippen LogP contribution in [0.1, 0.15) is 5.56 Å². The van der Waals surface area contributed by atoms with Crippen LogP contribution >= 0.6 is 15.9 Å². The SMILES string of the molecule is COC(=O)CS(=O)(=O)Nc1cc(Br)c(F)cc1C. The van der Waals surface area contributed by atoms with Gasteiger partial charge < -0.3 is 4.74 Å². The molecule has 1 aromatic rings. The summed E-state index contributed by atoms with van der Waals surface area (Å²) in [6.45, 7) is 1.55. The summed E-state index contributed by atoms with van der Waals surface area (Å²) in [5.41, 5.74) is 0.608. The van der Waals surface area contributed by atoms with Crippen molar-refractivity contribution >= 4 is 37.6 Å². The number of hydrogen-bond acceptors (Lipinski definition) is 4. The van der Waals surface area contributed by atoms with Crippen LogP contribution in [0, 0.1) is 12.7 Å². The molecule has 1 N–H and O–H groups in total. The number of sulfonamides is 1. The van der Waals surface area contributed by atoms with E-state index < -0.39 is 27.6 Å². The molecule has 100 valence electrons. The molecule has 0 aromatic heterocycles. The Hall–Kier alpha value is -1.15. The second kappa shape index (κ2) is 5.66. The summed E-state index contributed by atoms with van der Waals surface area (Å²) >= 11 is 2.95. The Kier molecular flexibility index (Phi) is 4.69. The third-order valence-corrected chi connectivity index (χ3v) is 3.82. The molecule has 0 unspecified atom stereocenters. The van der Waals surface area contributed by atoms with Crippen LogP contribution in [0.2, 0.25) is 0 Å². The molecule has 0 radical (unpaired) electrons. The van der Waals surface area contributed by atoms with E-state index in [1.54, 1.807) is 6.92 Å². The van der Waals surface area contributed by atoms with E-state index in [1.807, 2.05) is 0 Å². The molecule has 0 spiro atoms. The number of halogens is 2. The van der Waals surface area contributed by atoms with Crippen LogP contribution in [0.3, 0.4) is 0 Å². The number of methoxy groups -OCH3 is 1. The third kappa shape index (κ3) is 3.95. The normalized spacial score (nSPS) is 11.1. The van der Waals surface area contributed by atoms with Crippen LogP contribution in [0.4, 0.5) is 10.1 Å². The lowest BCUT2D eigenvalue weighted by atomic mass is 10.2. The van der Waals surface area contributed by atoms with Crippen molar-refractivity contribution in [1.82, 2.24) is 0 Å². The van der Waals surface area contributed by atoms with E-state index >= 15 is 0 Å². The fourth-order valence-electron chi connectivity index (χ4n) is 1.17. The number of nitrogens with one attached hydrogen (secondary N) is 1. The van der Waals surface area contributed by atoms with E-state index in [-0.39, 0.29) is 10.2 Å². The molecule has 0 fully saturated rings. The number of esters is 1. The van der Waals surface area contributed by atoms with Gasteiger partial charge in [0.2, 0.25) is 10.0 Å².